The van der Waals surface area contributed by atoms with Crippen molar-refractivity contribution in [3.63, 3.8) is 0 Å². The molecule has 3 nitrogen and oxygen atoms in total. The first-order valence-electron chi connectivity index (χ1n) is 8.42. The van der Waals surface area contributed by atoms with Gasteiger partial charge in [-0.25, -0.2) is 0 Å². The van der Waals surface area contributed by atoms with Gasteiger partial charge in [-0.15, -0.1) is 6.58 Å². The number of nitrogens with zero attached hydrogens (tertiary/aromatic N) is 1. The van der Waals surface area contributed by atoms with Crippen LogP contribution in [0.5, 0.6) is 0 Å². The van der Waals surface area contributed by atoms with Crippen LogP contribution in [0.15, 0.2) is 79.5 Å². The summed E-state index contributed by atoms with van der Waals surface area (Å²) in [6.45, 7) is 5.89. The summed E-state index contributed by atoms with van der Waals surface area (Å²) < 4.78 is 0. The molecular formula is C22H22N2O. The Morgan fingerprint density at radius 3 is 2.64 bits per heavy atom. The predicted octanol–water partition coefficient (Wildman–Crippen LogP) is 4.54. The van der Waals surface area contributed by atoms with Crippen LogP contribution in [0.2, 0.25) is 0 Å². The lowest BCUT2D eigenvalue weighted by Gasteiger charge is -2.30. The predicted molar refractivity (Wildman–Crippen MR) is 103 cm³/mol. The molecule has 3 heteroatoms. The largest absolute Gasteiger partial charge is 0.346 e. The minimum absolute atomic E-state index is 0.112. The van der Waals surface area contributed by atoms with Gasteiger partial charge in [0.2, 0.25) is 0 Å². The molecule has 1 N–H and O–H groups in total. The average Bonchev–Trinajstić information content (AvgIpc) is 2.62. The van der Waals surface area contributed by atoms with Gasteiger partial charge in [0.1, 0.15) is 0 Å². The van der Waals surface area contributed by atoms with Gasteiger partial charge < -0.3 is 5.32 Å². The molecule has 1 atom stereocenters. The number of fused-ring (bicyclic) bond motifs is 1. The Morgan fingerprint density at radius 1 is 1.16 bits per heavy atom. The standard InChI is InChI=1S/C22H22N2O/c1-3-13-22(2,15-17-9-5-4-6-10-17)24-21(25)19-14-18-11-7-8-12-20(18)23-16-19/h3-12,14,16H,1,13,15H2,2H3,(H,24,25). The van der Waals surface area contributed by atoms with Crippen LogP contribution in [0.25, 0.3) is 10.9 Å². The zero-order valence-electron chi connectivity index (χ0n) is 14.4. The van der Waals surface area contributed by atoms with Crippen LogP contribution in [0, 0.1) is 0 Å². The van der Waals surface area contributed by atoms with Gasteiger partial charge in [0, 0.05) is 17.1 Å². The topological polar surface area (TPSA) is 42.0 Å². The maximum absolute atomic E-state index is 12.8. The number of aromatic nitrogens is 1. The van der Waals surface area contributed by atoms with Crippen molar-refractivity contribution in [2.45, 2.75) is 25.3 Å². The molecule has 1 amide bonds. The molecule has 3 aromatic rings. The van der Waals surface area contributed by atoms with E-state index in [-0.39, 0.29) is 5.91 Å². The Hall–Kier alpha value is -2.94. The minimum atomic E-state index is -0.397. The molecule has 0 saturated carbocycles. The van der Waals surface area contributed by atoms with Crippen molar-refractivity contribution in [2.75, 3.05) is 0 Å². The Bertz CT molecular complexity index is 889. The summed E-state index contributed by atoms with van der Waals surface area (Å²) in [5, 5.41) is 4.14. The van der Waals surface area contributed by atoms with Crippen LogP contribution in [0.3, 0.4) is 0 Å². The molecule has 0 aliphatic heterocycles. The van der Waals surface area contributed by atoms with E-state index in [4.69, 9.17) is 0 Å². The third-order valence-electron chi connectivity index (χ3n) is 4.30. The van der Waals surface area contributed by atoms with Gasteiger partial charge in [-0.05, 0) is 37.5 Å². The molecule has 2 aromatic carbocycles. The number of pyridine rings is 1. The molecule has 0 bridgehead atoms. The molecule has 0 aliphatic carbocycles. The number of amides is 1. The number of nitrogens with one attached hydrogen (secondary N) is 1. The molecule has 3 rings (SSSR count). The van der Waals surface area contributed by atoms with Gasteiger partial charge in [0.25, 0.3) is 5.91 Å². The molecule has 1 heterocycles. The summed E-state index contributed by atoms with van der Waals surface area (Å²) in [4.78, 5) is 17.2. The second-order valence-corrected chi connectivity index (χ2v) is 6.59. The fraction of sp³-hybridized carbons (Fsp3) is 0.182. The van der Waals surface area contributed by atoms with Gasteiger partial charge in [-0.3, -0.25) is 9.78 Å². The van der Waals surface area contributed by atoms with Crippen molar-refractivity contribution in [3.05, 3.63) is 90.6 Å². The van der Waals surface area contributed by atoms with Crippen LogP contribution < -0.4 is 5.32 Å². The van der Waals surface area contributed by atoms with Crippen LogP contribution in [-0.4, -0.2) is 16.4 Å². The van der Waals surface area contributed by atoms with Gasteiger partial charge in [0.15, 0.2) is 0 Å². The molecule has 25 heavy (non-hydrogen) atoms. The van der Waals surface area contributed by atoms with E-state index < -0.39 is 5.54 Å². The lowest BCUT2D eigenvalue weighted by atomic mass is 9.89. The number of carbonyl (C=O) groups is 1. The minimum Gasteiger partial charge on any atom is -0.346 e. The number of hydrogen-bond acceptors (Lipinski definition) is 2. The van der Waals surface area contributed by atoms with E-state index >= 15 is 0 Å². The summed E-state index contributed by atoms with van der Waals surface area (Å²) >= 11 is 0. The van der Waals surface area contributed by atoms with E-state index in [0.29, 0.717) is 12.0 Å². The SMILES string of the molecule is C=CCC(C)(Cc1ccccc1)NC(=O)c1cnc2ccccc2c1. The van der Waals surface area contributed by atoms with E-state index in [0.717, 1.165) is 17.3 Å². The summed E-state index contributed by atoms with van der Waals surface area (Å²) in [5.74, 6) is -0.112. The van der Waals surface area contributed by atoms with E-state index in [2.05, 4.69) is 29.0 Å². The van der Waals surface area contributed by atoms with Crippen LogP contribution in [0.1, 0.15) is 29.3 Å². The van der Waals surface area contributed by atoms with Crippen LogP contribution in [0.4, 0.5) is 0 Å². The van der Waals surface area contributed by atoms with Crippen molar-refractivity contribution in [1.29, 1.82) is 0 Å². The van der Waals surface area contributed by atoms with E-state index in [1.54, 1.807) is 6.20 Å². The second kappa shape index (κ2) is 7.31. The van der Waals surface area contributed by atoms with Crippen LogP contribution >= 0.6 is 0 Å². The summed E-state index contributed by atoms with van der Waals surface area (Å²) in [7, 11) is 0. The third-order valence-corrected chi connectivity index (χ3v) is 4.30. The zero-order valence-corrected chi connectivity index (χ0v) is 14.4. The molecule has 0 saturated heterocycles. The van der Waals surface area contributed by atoms with Gasteiger partial charge in [0.05, 0.1) is 11.1 Å². The van der Waals surface area contributed by atoms with Gasteiger partial charge >= 0.3 is 0 Å². The molecule has 1 aromatic heterocycles. The molecule has 0 fully saturated rings. The quantitative estimate of drug-likeness (QED) is 0.674. The molecule has 0 radical (unpaired) electrons. The second-order valence-electron chi connectivity index (χ2n) is 6.59. The van der Waals surface area contributed by atoms with Gasteiger partial charge in [-0.2, -0.15) is 0 Å². The van der Waals surface area contributed by atoms with E-state index in [1.807, 2.05) is 61.5 Å². The first kappa shape index (κ1) is 16.9. The van der Waals surface area contributed by atoms with Crippen LogP contribution in [-0.2, 0) is 6.42 Å². The average molecular weight is 330 g/mol. The van der Waals surface area contributed by atoms with Gasteiger partial charge in [-0.1, -0.05) is 54.6 Å². The van der Waals surface area contributed by atoms with Crippen molar-refractivity contribution in [2.24, 2.45) is 0 Å². The maximum atomic E-state index is 12.8. The number of hydrogen-bond donors (Lipinski definition) is 1. The summed E-state index contributed by atoms with van der Waals surface area (Å²) in [6, 6.07) is 19.8. The molecule has 0 aliphatic rings. The maximum Gasteiger partial charge on any atom is 0.253 e. The third kappa shape index (κ3) is 4.13. The first-order valence-corrected chi connectivity index (χ1v) is 8.42. The molecule has 1 unspecified atom stereocenters. The highest BCUT2D eigenvalue weighted by atomic mass is 16.1. The molecule has 126 valence electrons. The van der Waals surface area contributed by atoms with Crippen molar-refractivity contribution >= 4 is 16.8 Å². The van der Waals surface area contributed by atoms with Crippen molar-refractivity contribution in [1.82, 2.24) is 10.3 Å². The summed E-state index contributed by atoms with van der Waals surface area (Å²) in [6.07, 6.45) is 4.91. The fourth-order valence-corrected chi connectivity index (χ4v) is 3.07. The lowest BCUT2D eigenvalue weighted by molar-refractivity contribution is 0.0906. The van der Waals surface area contributed by atoms with Crippen molar-refractivity contribution < 1.29 is 4.79 Å². The fourth-order valence-electron chi connectivity index (χ4n) is 3.07. The summed E-state index contributed by atoms with van der Waals surface area (Å²) in [5.41, 5.74) is 2.24. The Balaban J connectivity index is 1.82. The Morgan fingerprint density at radius 2 is 1.88 bits per heavy atom. The number of carbonyl (C=O) groups excluding carboxylic acids is 1. The first-order chi connectivity index (χ1) is 12.1. The Labute approximate surface area is 148 Å². The smallest absolute Gasteiger partial charge is 0.253 e. The van der Waals surface area contributed by atoms with E-state index in [1.165, 1.54) is 5.56 Å². The molecule has 0 spiro atoms. The molecular weight excluding hydrogens is 308 g/mol. The highest BCUT2D eigenvalue weighted by molar-refractivity contribution is 5.97. The normalized spacial score (nSPS) is 13.2. The highest BCUT2D eigenvalue weighted by Gasteiger charge is 2.26. The number of benzene rings is 2. The Kier molecular flexibility index (Phi) is 4.94. The number of para-hydroxylation sites is 1. The lowest BCUT2D eigenvalue weighted by Crippen LogP contribution is -2.47. The van der Waals surface area contributed by atoms with E-state index in [9.17, 15) is 4.79 Å². The monoisotopic (exact) mass is 330 g/mol. The highest BCUT2D eigenvalue weighted by Crippen LogP contribution is 2.19. The number of rotatable bonds is 6. The zero-order chi connectivity index (χ0) is 17.7. The van der Waals surface area contributed by atoms with Crippen molar-refractivity contribution in [3.8, 4) is 0 Å².